The molecule has 1 N–H and O–H groups in total. The van der Waals surface area contributed by atoms with Gasteiger partial charge in [0.25, 0.3) is 0 Å². The zero-order valence-electron chi connectivity index (χ0n) is 8.34. The maximum atomic E-state index is 6.65. The Morgan fingerprint density at radius 2 is 2.50 bits per heavy atom. The maximum absolute atomic E-state index is 6.65. The molecule has 0 saturated heterocycles. The van der Waals surface area contributed by atoms with E-state index >= 15 is 0 Å². The van der Waals surface area contributed by atoms with Crippen LogP contribution in [-0.2, 0) is 13.0 Å². The second-order valence-corrected chi connectivity index (χ2v) is 2.90. The van der Waals surface area contributed by atoms with Crippen molar-refractivity contribution in [1.82, 2.24) is 0 Å². The van der Waals surface area contributed by atoms with Gasteiger partial charge < -0.3 is 5.11 Å². The van der Waals surface area contributed by atoms with E-state index in [-0.39, 0.29) is 0 Å². The van der Waals surface area contributed by atoms with Crippen LogP contribution in [0.4, 0.5) is 0 Å². The summed E-state index contributed by atoms with van der Waals surface area (Å²) in [7, 11) is 0. The second kappa shape index (κ2) is 4.07. The van der Waals surface area contributed by atoms with Crippen molar-refractivity contribution in [3.8, 4) is 0 Å². The monoisotopic (exact) mass is 164 g/mol. The summed E-state index contributed by atoms with van der Waals surface area (Å²) in [5.41, 5.74) is 3.55. The van der Waals surface area contributed by atoms with Crippen LogP contribution in [0.1, 0.15) is 16.7 Å². The molecule has 0 heterocycles. The molecule has 0 radical (unpaired) electrons. The molecule has 0 aromatic heterocycles. The van der Waals surface area contributed by atoms with Gasteiger partial charge in [0.2, 0.25) is 1.43 Å². The molecule has 0 amide bonds. The molecule has 0 saturated carbocycles. The summed E-state index contributed by atoms with van der Waals surface area (Å²) in [5.74, 6) is 0. The maximum Gasteiger partial charge on any atom is 0.211 e. The highest BCUT2D eigenvalue weighted by molar-refractivity contribution is 5.32. The topological polar surface area (TPSA) is 20.2 Å². The van der Waals surface area contributed by atoms with Crippen LogP contribution in [0.25, 0.3) is 0 Å². The lowest BCUT2D eigenvalue weighted by atomic mass is 10.0. The molecule has 1 aromatic carbocycles. The molecule has 1 aromatic rings. The first-order chi connectivity index (χ1) is 6.27. The van der Waals surface area contributed by atoms with Gasteiger partial charge in [-0.05, 0) is 30.0 Å². The molecule has 12 heavy (non-hydrogen) atoms. The van der Waals surface area contributed by atoms with Gasteiger partial charge in [-0.1, -0.05) is 24.3 Å². The van der Waals surface area contributed by atoms with Gasteiger partial charge >= 0.3 is 0 Å². The van der Waals surface area contributed by atoms with E-state index in [0.29, 0.717) is 6.61 Å². The smallest absolute Gasteiger partial charge is 0.211 e. The summed E-state index contributed by atoms with van der Waals surface area (Å²) in [6.45, 7) is 6.13. The molecule has 0 atom stereocenters. The fraction of sp³-hybridized carbons (Fsp3) is 0.273. The summed E-state index contributed by atoms with van der Waals surface area (Å²) in [6, 6.07) is 6.09. The fourth-order valence-corrected chi connectivity index (χ4v) is 1.19. The third-order valence-corrected chi connectivity index (χ3v) is 1.94. The van der Waals surface area contributed by atoms with Crippen molar-refractivity contribution in [3.05, 3.63) is 47.5 Å². The van der Waals surface area contributed by atoms with Crippen LogP contribution in [0, 0.1) is 6.92 Å². The fourth-order valence-electron chi connectivity index (χ4n) is 1.19. The first kappa shape index (κ1) is 7.56. The Bertz CT molecular complexity index is 294. The van der Waals surface area contributed by atoms with Crippen molar-refractivity contribution in [1.29, 1.82) is 1.43 Å². The highest BCUT2D eigenvalue weighted by Crippen LogP contribution is 2.12. The minimum atomic E-state index is 0.352. The van der Waals surface area contributed by atoms with Crippen molar-refractivity contribution in [3.63, 3.8) is 0 Å². The second-order valence-electron chi connectivity index (χ2n) is 2.90. The number of aliphatic hydroxyl groups is 1. The van der Waals surface area contributed by atoms with Crippen LogP contribution < -0.4 is 0 Å². The van der Waals surface area contributed by atoms with Crippen molar-refractivity contribution >= 4 is 0 Å². The highest BCUT2D eigenvalue weighted by Gasteiger charge is 1.97. The number of aryl methyl sites for hydroxylation is 1. The predicted octanol–water partition coefficient (Wildman–Crippen LogP) is 2.22. The Morgan fingerprint density at radius 3 is 3.17 bits per heavy atom. The molecule has 1 rings (SSSR count). The van der Waals surface area contributed by atoms with Gasteiger partial charge in [0.15, 0.2) is 0 Å². The van der Waals surface area contributed by atoms with Crippen molar-refractivity contribution in [2.24, 2.45) is 0 Å². The lowest BCUT2D eigenvalue weighted by Crippen LogP contribution is -1.90. The van der Waals surface area contributed by atoms with Crippen LogP contribution >= 0.6 is 0 Å². The van der Waals surface area contributed by atoms with E-state index in [2.05, 4.69) is 24.7 Å². The summed E-state index contributed by atoms with van der Waals surface area (Å²) >= 11 is 0. The SMILES string of the molecule is [3H]OCc1ccc(C)c(CC=C)c1. The van der Waals surface area contributed by atoms with Gasteiger partial charge in [0.1, 0.15) is 0 Å². The third-order valence-electron chi connectivity index (χ3n) is 1.94. The number of hydrogen-bond donors (Lipinski definition) is 1. The first-order valence-electron chi connectivity index (χ1n) is 4.46. The van der Waals surface area contributed by atoms with E-state index in [9.17, 15) is 0 Å². The van der Waals surface area contributed by atoms with Crippen molar-refractivity contribution in [2.75, 3.05) is 0 Å². The molecular weight excluding hydrogens is 148 g/mol. The number of benzene rings is 1. The number of aliphatic hydroxyl groups excluding tert-OH is 1. The molecule has 0 spiro atoms. The molecule has 1 heteroatoms. The van der Waals surface area contributed by atoms with Crippen molar-refractivity contribution in [2.45, 2.75) is 20.0 Å². The lowest BCUT2D eigenvalue weighted by Gasteiger charge is -2.04. The van der Waals surface area contributed by atoms with Gasteiger partial charge in [-0.15, -0.1) is 6.58 Å². The van der Waals surface area contributed by atoms with E-state index in [1.165, 1.54) is 11.1 Å². The summed E-state index contributed by atoms with van der Waals surface area (Å²) < 4.78 is 6.65. The Hall–Kier alpha value is -1.08. The molecule has 0 bridgehead atoms. The highest BCUT2D eigenvalue weighted by atomic mass is 16.3. The standard InChI is InChI=1S/C11H14O/c1-3-4-11-7-10(8-12)6-5-9(11)2/h3,5-7,12H,1,4,8H2,2H3/i12T. The molecule has 0 unspecified atom stereocenters. The minimum Gasteiger partial charge on any atom is -0.392 e. The van der Waals surface area contributed by atoms with E-state index < -0.39 is 0 Å². The van der Waals surface area contributed by atoms with E-state index in [4.69, 9.17) is 1.43 Å². The van der Waals surface area contributed by atoms with Crippen LogP contribution in [0.15, 0.2) is 30.9 Å². The van der Waals surface area contributed by atoms with Gasteiger partial charge in [-0.2, -0.15) is 0 Å². The molecule has 0 fully saturated rings. The van der Waals surface area contributed by atoms with Gasteiger partial charge in [-0.3, -0.25) is 0 Å². The molecule has 0 aliphatic heterocycles. The van der Waals surface area contributed by atoms with Gasteiger partial charge in [0, 0.05) is 0 Å². The van der Waals surface area contributed by atoms with Crippen molar-refractivity contribution < 1.29 is 5.11 Å². The minimum absolute atomic E-state index is 0.352. The average Bonchev–Trinajstić information content (AvgIpc) is 2.12. The Morgan fingerprint density at radius 1 is 1.67 bits per heavy atom. The average molecular weight is 164 g/mol. The van der Waals surface area contributed by atoms with Gasteiger partial charge in [0.05, 0.1) is 6.61 Å². The number of allylic oxidation sites excluding steroid dienone is 1. The largest absolute Gasteiger partial charge is 0.392 e. The zero-order chi connectivity index (χ0) is 9.68. The normalized spacial score (nSPS) is 10.9. The van der Waals surface area contributed by atoms with Crippen LogP contribution in [0.3, 0.4) is 0 Å². The van der Waals surface area contributed by atoms with E-state index in [1.54, 1.807) is 0 Å². The molecule has 0 aliphatic rings. The lowest BCUT2D eigenvalue weighted by molar-refractivity contribution is 0.281. The third kappa shape index (κ3) is 1.95. The number of hydrogen-bond acceptors (Lipinski definition) is 1. The first-order valence-corrected chi connectivity index (χ1v) is 4.05. The van der Waals surface area contributed by atoms with Crippen LogP contribution in [-0.4, -0.2) is 6.54 Å². The molecule has 0 aliphatic carbocycles. The zero-order valence-corrected chi connectivity index (χ0v) is 7.34. The molecule has 64 valence electrons. The quantitative estimate of drug-likeness (QED) is 0.676. The van der Waals surface area contributed by atoms with E-state index in [0.717, 1.165) is 12.0 Å². The Balaban J connectivity index is 2.89. The van der Waals surface area contributed by atoms with Crippen LogP contribution in [0.5, 0.6) is 0 Å². The summed E-state index contributed by atoms with van der Waals surface area (Å²) in [4.78, 5) is 0. The van der Waals surface area contributed by atoms with Gasteiger partial charge in [-0.25, -0.2) is 0 Å². The predicted molar refractivity (Wildman–Crippen MR) is 51.0 cm³/mol. The Kier molecular flexibility index (Phi) is 2.57. The molecular formula is C11H14O. The molecule has 1 nitrogen and oxygen atoms in total. The number of rotatable bonds is 4. The van der Waals surface area contributed by atoms with E-state index in [1.807, 2.05) is 18.2 Å². The summed E-state index contributed by atoms with van der Waals surface area (Å²) in [5, 5.41) is 4.33. The summed E-state index contributed by atoms with van der Waals surface area (Å²) in [6.07, 6.45) is 2.76. The Labute approximate surface area is 74.9 Å². The van der Waals surface area contributed by atoms with Crippen LogP contribution in [0.2, 0.25) is 0 Å².